The summed E-state index contributed by atoms with van der Waals surface area (Å²) in [5, 5.41) is 4.35. The molecule has 4 heteroatoms. The van der Waals surface area contributed by atoms with E-state index in [1.54, 1.807) is 0 Å². The standard InChI is InChI=1S/C22H27N3O/c1-16-8-7-9-17(12-16)13-22(26)23-14-21(24(2)3)19-15-25(4)20-11-6-5-10-18(19)20/h5-12,15,21H,13-14H2,1-4H3,(H,23,26). The van der Waals surface area contributed by atoms with Crippen LogP contribution in [0.3, 0.4) is 0 Å². The number of aromatic nitrogens is 1. The third-order valence-corrected chi connectivity index (χ3v) is 4.85. The number of hydrogen-bond acceptors (Lipinski definition) is 2. The Hall–Kier alpha value is -2.59. The Labute approximate surface area is 155 Å². The number of amides is 1. The number of aryl methyl sites for hydroxylation is 2. The maximum Gasteiger partial charge on any atom is 0.224 e. The lowest BCUT2D eigenvalue weighted by Crippen LogP contribution is -2.35. The van der Waals surface area contributed by atoms with Crippen molar-refractivity contribution < 1.29 is 4.79 Å². The van der Waals surface area contributed by atoms with Crippen molar-refractivity contribution in [1.82, 2.24) is 14.8 Å². The van der Waals surface area contributed by atoms with Crippen LogP contribution >= 0.6 is 0 Å². The van der Waals surface area contributed by atoms with Crippen LogP contribution in [0.1, 0.15) is 22.7 Å². The summed E-state index contributed by atoms with van der Waals surface area (Å²) in [6.45, 7) is 2.63. The second-order valence-corrected chi connectivity index (χ2v) is 7.16. The number of nitrogens with one attached hydrogen (secondary N) is 1. The minimum Gasteiger partial charge on any atom is -0.354 e. The van der Waals surface area contributed by atoms with Crippen molar-refractivity contribution in [1.29, 1.82) is 0 Å². The number of carbonyl (C=O) groups is 1. The van der Waals surface area contributed by atoms with Gasteiger partial charge in [-0.2, -0.15) is 0 Å². The fraction of sp³-hybridized carbons (Fsp3) is 0.318. The number of carbonyl (C=O) groups excluding carboxylic acids is 1. The number of hydrogen-bond donors (Lipinski definition) is 1. The number of benzene rings is 2. The quantitative estimate of drug-likeness (QED) is 0.740. The maximum atomic E-state index is 12.4. The molecule has 1 heterocycles. The van der Waals surface area contributed by atoms with Crippen molar-refractivity contribution in [2.75, 3.05) is 20.6 Å². The van der Waals surface area contributed by atoms with Gasteiger partial charge in [0.25, 0.3) is 0 Å². The highest BCUT2D eigenvalue weighted by Gasteiger charge is 2.20. The van der Waals surface area contributed by atoms with Gasteiger partial charge in [-0.1, -0.05) is 48.0 Å². The summed E-state index contributed by atoms with van der Waals surface area (Å²) in [7, 11) is 6.17. The molecule has 3 aromatic rings. The van der Waals surface area contributed by atoms with Gasteiger partial charge >= 0.3 is 0 Å². The van der Waals surface area contributed by atoms with E-state index in [4.69, 9.17) is 0 Å². The third-order valence-electron chi connectivity index (χ3n) is 4.85. The van der Waals surface area contributed by atoms with Gasteiger partial charge in [0.15, 0.2) is 0 Å². The molecule has 4 nitrogen and oxygen atoms in total. The molecule has 0 spiro atoms. The van der Waals surface area contributed by atoms with Crippen LogP contribution in [-0.2, 0) is 18.3 Å². The summed E-state index contributed by atoms with van der Waals surface area (Å²) in [4.78, 5) is 14.6. The van der Waals surface area contributed by atoms with Crippen molar-refractivity contribution in [3.8, 4) is 0 Å². The number of likely N-dealkylation sites (N-methyl/N-ethyl adjacent to an activating group) is 1. The fourth-order valence-corrected chi connectivity index (χ4v) is 3.49. The molecule has 0 fully saturated rings. The third kappa shape index (κ3) is 3.97. The molecule has 3 rings (SSSR count). The van der Waals surface area contributed by atoms with E-state index in [0.717, 1.165) is 5.56 Å². The lowest BCUT2D eigenvalue weighted by atomic mass is 10.0. The minimum atomic E-state index is 0.0580. The largest absolute Gasteiger partial charge is 0.354 e. The van der Waals surface area contributed by atoms with Crippen molar-refractivity contribution in [2.24, 2.45) is 7.05 Å². The number of nitrogens with zero attached hydrogens (tertiary/aromatic N) is 2. The topological polar surface area (TPSA) is 37.3 Å². The van der Waals surface area contributed by atoms with E-state index >= 15 is 0 Å². The predicted molar refractivity (Wildman–Crippen MR) is 107 cm³/mol. The Morgan fingerprint density at radius 1 is 1.15 bits per heavy atom. The molecule has 1 atom stereocenters. The summed E-state index contributed by atoms with van der Waals surface area (Å²) in [5.74, 6) is 0.0580. The molecule has 1 amide bonds. The average Bonchev–Trinajstić information content (AvgIpc) is 2.92. The van der Waals surface area contributed by atoms with Gasteiger partial charge in [0.2, 0.25) is 5.91 Å². The van der Waals surface area contributed by atoms with E-state index in [1.807, 2.05) is 25.1 Å². The molecule has 0 radical (unpaired) electrons. The molecule has 26 heavy (non-hydrogen) atoms. The normalized spacial score (nSPS) is 12.5. The first kappa shape index (κ1) is 18.2. The zero-order valence-electron chi connectivity index (χ0n) is 16.0. The van der Waals surface area contributed by atoms with Crippen LogP contribution in [0.25, 0.3) is 10.9 Å². The van der Waals surface area contributed by atoms with E-state index in [1.165, 1.54) is 22.0 Å². The highest BCUT2D eigenvalue weighted by Crippen LogP contribution is 2.28. The highest BCUT2D eigenvalue weighted by molar-refractivity contribution is 5.84. The van der Waals surface area contributed by atoms with Crippen molar-refractivity contribution in [3.63, 3.8) is 0 Å². The molecular weight excluding hydrogens is 322 g/mol. The van der Waals surface area contributed by atoms with Crippen LogP contribution < -0.4 is 5.32 Å². The molecule has 1 unspecified atom stereocenters. The van der Waals surface area contributed by atoms with E-state index in [-0.39, 0.29) is 11.9 Å². The van der Waals surface area contributed by atoms with Gasteiger partial charge in [-0.05, 0) is 38.2 Å². The number of fused-ring (bicyclic) bond motifs is 1. The van der Waals surface area contributed by atoms with Crippen molar-refractivity contribution in [2.45, 2.75) is 19.4 Å². The monoisotopic (exact) mass is 349 g/mol. The van der Waals surface area contributed by atoms with Gasteiger partial charge in [-0.3, -0.25) is 4.79 Å². The van der Waals surface area contributed by atoms with Crippen molar-refractivity contribution >= 4 is 16.8 Å². The minimum absolute atomic E-state index is 0.0580. The predicted octanol–water partition coefficient (Wildman–Crippen LogP) is 3.45. The zero-order valence-corrected chi connectivity index (χ0v) is 16.0. The average molecular weight is 349 g/mol. The molecule has 0 aliphatic carbocycles. The first-order chi connectivity index (χ1) is 12.5. The smallest absolute Gasteiger partial charge is 0.224 e. The molecule has 2 aromatic carbocycles. The lowest BCUT2D eigenvalue weighted by molar-refractivity contribution is -0.120. The molecule has 0 aliphatic rings. The Kier molecular flexibility index (Phi) is 5.43. The Bertz CT molecular complexity index is 911. The van der Waals surface area contributed by atoms with Gasteiger partial charge < -0.3 is 14.8 Å². The van der Waals surface area contributed by atoms with E-state index < -0.39 is 0 Å². The van der Waals surface area contributed by atoms with E-state index in [2.05, 4.69) is 72.5 Å². The van der Waals surface area contributed by atoms with Crippen molar-refractivity contribution in [3.05, 3.63) is 71.4 Å². The van der Waals surface area contributed by atoms with Crippen LogP contribution in [0.5, 0.6) is 0 Å². The number of para-hydroxylation sites is 1. The van der Waals surface area contributed by atoms with Gasteiger partial charge in [-0.25, -0.2) is 0 Å². The molecule has 0 saturated carbocycles. The summed E-state index contributed by atoms with van der Waals surface area (Å²) < 4.78 is 2.15. The fourth-order valence-electron chi connectivity index (χ4n) is 3.49. The van der Waals surface area contributed by atoms with Crippen LogP contribution in [-0.4, -0.2) is 36.0 Å². The Balaban J connectivity index is 1.74. The lowest BCUT2D eigenvalue weighted by Gasteiger charge is -2.24. The second-order valence-electron chi connectivity index (χ2n) is 7.16. The number of rotatable bonds is 6. The first-order valence-corrected chi connectivity index (χ1v) is 8.98. The summed E-state index contributed by atoms with van der Waals surface area (Å²) in [6.07, 6.45) is 2.58. The van der Waals surface area contributed by atoms with E-state index in [0.29, 0.717) is 13.0 Å². The summed E-state index contributed by atoms with van der Waals surface area (Å²) in [6, 6.07) is 16.6. The summed E-state index contributed by atoms with van der Waals surface area (Å²) in [5.41, 5.74) is 4.68. The molecular formula is C22H27N3O. The van der Waals surface area contributed by atoms with Crippen LogP contribution in [0.2, 0.25) is 0 Å². The molecule has 0 bridgehead atoms. The SMILES string of the molecule is Cc1cccc(CC(=O)NCC(c2cn(C)c3ccccc23)N(C)C)c1. The zero-order chi connectivity index (χ0) is 18.7. The molecule has 0 saturated heterocycles. The molecule has 1 N–H and O–H groups in total. The molecule has 1 aromatic heterocycles. The highest BCUT2D eigenvalue weighted by atomic mass is 16.1. The van der Waals surface area contributed by atoms with Crippen LogP contribution in [0.15, 0.2) is 54.7 Å². The molecule has 0 aliphatic heterocycles. The Morgan fingerprint density at radius 3 is 2.65 bits per heavy atom. The second kappa shape index (κ2) is 7.75. The van der Waals surface area contributed by atoms with Crippen LogP contribution in [0.4, 0.5) is 0 Å². The Morgan fingerprint density at radius 2 is 1.92 bits per heavy atom. The summed E-state index contributed by atoms with van der Waals surface area (Å²) >= 11 is 0. The van der Waals surface area contributed by atoms with Crippen LogP contribution in [0, 0.1) is 6.92 Å². The van der Waals surface area contributed by atoms with E-state index in [9.17, 15) is 4.79 Å². The van der Waals surface area contributed by atoms with Gasteiger partial charge in [-0.15, -0.1) is 0 Å². The molecule has 136 valence electrons. The van der Waals surface area contributed by atoms with Gasteiger partial charge in [0.05, 0.1) is 12.5 Å². The maximum absolute atomic E-state index is 12.4. The van der Waals surface area contributed by atoms with Gasteiger partial charge in [0.1, 0.15) is 0 Å². The van der Waals surface area contributed by atoms with Gasteiger partial charge in [0, 0.05) is 30.7 Å². The first-order valence-electron chi connectivity index (χ1n) is 8.98.